The van der Waals surface area contributed by atoms with Crippen LogP contribution in [0.1, 0.15) is 5.82 Å². The SMILES string of the molecule is O=C(CCl)NCc1nnnn1-c1ccc(F)c(F)c1. The standard InChI is InChI=1S/C10H8ClF2N5O/c11-4-10(19)14-5-9-15-16-17-18(9)6-1-2-7(12)8(13)3-6/h1-3H,4-5H2,(H,14,19). The van der Waals surface area contributed by atoms with Gasteiger partial charge in [-0.2, -0.15) is 4.68 Å². The fourth-order valence-electron chi connectivity index (χ4n) is 1.36. The Morgan fingerprint density at radius 1 is 1.37 bits per heavy atom. The fourth-order valence-corrected chi connectivity index (χ4v) is 1.45. The maximum atomic E-state index is 13.1. The van der Waals surface area contributed by atoms with E-state index in [4.69, 9.17) is 11.6 Å². The Bertz CT molecular complexity index is 603. The topological polar surface area (TPSA) is 72.7 Å². The summed E-state index contributed by atoms with van der Waals surface area (Å²) >= 11 is 5.33. The summed E-state index contributed by atoms with van der Waals surface area (Å²) in [7, 11) is 0. The van der Waals surface area contributed by atoms with Crippen molar-refractivity contribution in [3.8, 4) is 5.69 Å². The zero-order valence-corrected chi connectivity index (χ0v) is 10.2. The van der Waals surface area contributed by atoms with Crippen LogP contribution in [-0.2, 0) is 11.3 Å². The molecule has 0 saturated heterocycles. The zero-order chi connectivity index (χ0) is 13.8. The van der Waals surface area contributed by atoms with Gasteiger partial charge in [0.2, 0.25) is 5.91 Å². The number of carbonyl (C=O) groups is 1. The van der Waals surface area contributed by atoms with E-state index in [0.717, 1.165) is 12.1 Å². The smallest absolute Gasteiger partial charge is 0.235 e. The van der Waals surface area contributed by atoms with E-state index in [1.165, 1.54) is 10.7 Å². The maximum Gasteiger partial charge on any atom is 0.235 e. The number of benzene rings is 1. The highest BCUT2D eigenvalue weighted by molar-refractivity contribution is 6.27. The van der Waals surface area contributed by atoms with Crippen LogP contribution < -0.4 is 5.32 Å². The predicted octanol–water partition coefficient (Wildman–Crippen LogP) is 0.795. The third-order valence-electron chi connectivity index (χ3n) is 2.25. The molecule has 1 aromatic carbocycles. The molecule has 0 saturated carbocycles. The highest BCUT2D eigenvalue weighted by Crippen LogP contribution is 2.12. The van der Waals surface area contributed by atoms with Crippen molar-refractivity contribution < 1.29 is 13.6 Å². The molecule has 0 aliphatic rings. The number of hydrogen-bond acceptors (Lipinski definition) is 4. The third-order valence-corrected chi connectivity index (χ3v) is 2.49. The van der Waals surface area contributed by atoms with Crippen molar-refractivity contribution in [2.45, 2.75) is 6.54 Å². The van der Waals surface area contributed by atoms with Gasteiger partial charge in [0.15, 0.2) is 17.5 Å². The average Bonchev–Trinajstić information content (AvgIpc) is 2.87. The summed E-state index contributed by atoms with van der Waals surface area (Å²) in [6, 6.07) is 3.24. The van der Waals surface area contributed by atoms with Crippen molar-refractivity contribution in [3.63, 3.8) is 0 Å². The molecule has 0 fully saturated rings. The molecular formula is C10H8ClF2N5O. The lowest BCUT2D eigenvalue weighted by molar-refractivity contribution is -0.118. The second kappa shape index (κ2) is 5.70. The highest BCUT2D eigenvalue weighted by Gasteiger charge is 2.11. The molecule has 100 valence electrons. The van der Waals surface area contributed by atoms with Gasteiger partial charge < -0.3 is 5.32 Å². The molecule has 0 bridgehead atoms. The van der Waals surface area contributed by atoms with Gasteiger partial charge in [-0.05, 0) is 22.6 Å². The van der Waals surface area contributed by atoms with E-state index in [2.05, 4.69) is 20.8 Å². The van der Waals surface area contributed by atoms with E-state index in [9.17, 15) is 13.6 Å². The number of aromatic nitrogens is 4. The van der Waals surface area contributed by atoms with Gasteiger partial charge in [0.1, 0.15) is 5.88 Å². The Balaban J connectivity index is 2.23. The van der Waals surface area contributed by atoms with E-state index >= 15 is 0 Å². The zero-order valence-electron chi connectivity index (χ0n) is 9.48. The average molecular weight is 288 g/mol. The second-order valence-electron chi connectivity index (χ2n) is 3.52. The third kappa shape index (κ3) is 3.02. The lowest BCUT2D eigenvalue weighted by Crippen LogP contribution is -2.25. The molecule has 1 amide bonds. The van der Waals surface area contributed by atoms with Crippen LogP contribution >= 0.6 is 11.6 Å². The molecule has 9 heteroatoms. The first-order valence-electron chi connectivity index (χ1n) is 5.17. The van der Waals surface area contributed by atoms with Crippen LogP contribution in [0.4, 0.5) is 8.78 Å². The molecule has 1 N–H and O–H groups in total. The van der Waals surface area contributed by atoms with E-state index < -0.39 is 11.6 Å². The lowest BCUT2D eigenvalue weighted by Gasteiger charge is -2.05. The van der Waals surface area contributed by atoms with Crippen LogP contribution in [0.5, 0.6) is 0 Å². The highest BCUT2D eigenvalue weighted by atomic mass is 35.5. The summed E-state index contributed by atoms with van der Waals surface area (Å²) in [5, 5.41) is 13.2. The lowest BCUT2D eigenvalue weighted by atomic mass is 10.3. The van der Waals surface area contributed by atoms with Gasteiger partial charge in [0.25, 0.3) is 0 Å². The molecule has 2 aromatic rings. The van der Waals surface area contributed by atoms with Gasteiger partial charge in [-0.25, -0.2) is 8.78 Å². The number of alkyl halides is 1. The van der Waals surface area contributed by atoms with E-state index in [0.29, 0.717) is 0 Å². The van der Waals surface area contributed by atoms with Gasteiger partial charge in [0, 0.05) is 6.07 Å². The first kappa shape index (κ1) is 13.3. The molecule has 0 radical (unpaired) electrons. The number of hydrogen-bond donors (Lipinski definition) is 1. The number of halogens is 3. The quantitative estimate of drug-likeness (QED) is 0.844. The molecule has 1 heterocycles. The van der Waals surface area contributed by atoms with Crippen LogP contribution in [0, 0.1) is 11.6 Å². The van der Waals surface area contributed by atoms with Crippen LogP contribution in [0.25, 0.3) is 5.69 Å². The summed E-state index contributed by atoms with van der Waals surface area (Å²) < 4.78 is 27.2. The second-order valence-corrected chi connectivity index (χ2v) is 3.78. The predicted molar refractivity (Wildman–Crippen MR) is 61.6 cm³/mol. The van der Waals surface area contributed by atoms with Crippen molar-refractivity contribution in [1.29, 1.82) is 0 Å². The van der Waals surface area contributed by atoms with Gasteiger partial charge in [-0.1, -0.05) is 0 Å². The summed E-state index contributed by atoms with van der Waals surface area (Å²) in [4.78, 5) is 11.0. The molecule has 0 aliphatic heterocycles. The van der Waals surface area contributed by atoms with Crippen molar-refractivity contribution in [2.24, 2.45) is 0 Å². The molecule has 19 heavy (non-hydrogen) atoms. The van der Waals surface area contributed by atoms with E-state index in [1.54, 1.807) is 0 Å². The minimum atomic E-state index is -1.01. The summed E-state index contributed by atoms with van der Waals surface area (Å²) in [6.45, 7) is 0.0253. The molecule has 0 atom stereocenters. The molecule has 2 rings (SSSR count). The van der Waals surface area contributed by atoms with Crippen molar-refractivity contribution in [2.75, 3.05) is 5.88 Å². The summed E-state index contributed by atoms with van der Waals surface area (Å²) in [6.07, 6.45) is 0. The van der Waals surface area contributed by atoms with Crippen LogP contribution in [-0.4, -0.2) is 32.0 Å². The Morgan fingerprint density at radius 2 is 2.16 bits per heavy atom. The number of amides is 1. The van der Waals surface area contributed by atoms with Crippen LogP contribution in [0.2, 0.25) is 0 Å². The van der Waals surface area contributed by atoms with Crippen molar-refractivity contribution in [1.82, 2.24) is 25.5 Å². The molecule has 0 spiro atoms. The molecule has 0 unspecified atom stereocenters. The number of nitrogens with zero attached hydrogens (tertiary/aromatic N) is 4. The minimum Gasteiger partial charge on any atom is -0.348 e. The van der Waals surface area contributed by atoms with Gasteiger partial charge >= 0.3 is 0 Å². The number of nitrogens with one attached hydrogen (secondary N) is 1. The normalized spacial score (nSPS) is 10.5. The van der Waals surface area contributed by atoms with E-state index in [1.807, 2.05) is 0 Å². The molecule has 6 nitrogen and oxygen atoms in total. The van der Waals surface area contributed by atoms with Crippen LogP contribution in [0.3, 0.4) is 0 Å². The van der Waals surface area contributed by atoms with E-state index in [-0.39, 0.29) is 29.8 Å². The Kier molecular flexibility index (Phi) is 4.00. The largest absolute Gasteiger partial charge is 0.348 e. The molecule has 1 aromatic heterocycles. The maximum absolute atomic E-state index is 13.1. The Hall–Kier alpha value is -2.09. The summed E-state index contributed by atoms with van der Waals surface area (Å²) in [5.41, 5.74) is 0.249. The van der Waals surface area contributed by atoms with Gasteiger partial charge in [-0.15, -0.1) is 16.7 Å². The van der Waals surface area contributed by atoms with Crippen LogP contribution in [0.15, 0.2) is 18.2 Å². The first-order valence-corrected chi connectivity index (χ1v) is 5.70. The Labute approximate surface area is 111 Å². The molecule has 0 aliphatic carbocycles. The first-order chi connectivity index (χ1) is 9.11. The number of tetrazole rings is 1. The summed E-state index contributed by atoms with van der Waals surface area (Å²) in [5.74, 6) is -2.28. The van der Waals surface area contributed by atoms with Crippen molar-refractivity contribution >= 4 is 17.5 Å². The molecular weight excluding hydrogens is 280 g/mol. The van der Waals surface area contributed by atoms with Crippen molar-refractivity contribution in [3.05, 3.63) is 35.7 Å². The number of carbonyl (C=O) groups excluding carboxylic acids is 1. The monoisotopic (exact) mass is 287 g/mol. The van der Waals surface area contributed by atoms with Gasteiger partial charge in [0.05, 0.1) is 12.2 Å². The minimum absolute atomic E-state index is 0.0253. The van der Waals surface area contributed by atoms with Gasteiger partial charge in [-0.3, -0.25) is 4.79 Å². The Morgan fingerprint density at radius 3 is 2.84 bits per heavy atom. The fraction of sp³-hybridized carbons (Fsp3) is 0.200. The number of rotatable bonds is 4.